The van der Waals surface area contributed by atoms with Gasteiger partial charge in [-0.3, -0.25) is 61.6 Å². The molecule has 24 rings (SSSR count). The molecule has 127 heavy (non-hydrogen) atoms. The first kappa shape index (κ1) is 81.4. The van der Waals surface area contributed by atoms with Crippen LogP contribution in [-0.4, -0.2) is 222 Å². The van der Waals surface area contributed by atoms with E-state index < -0.39 is 0 Å². The van der Waals surface area contributed by atoms with E-state index in [9.17, 15) is 19.2 Å². The number of likely N-dealkylation sites (tertiary alicyclic amines) is 2. The number of pyridine rings is 4. The number of fused-ring (bicyclic) bond motifs is 8. The lowest BCUT2D eigenvalue weighted by molar-refractivity contribution is -0.0712. The number of nitrogens with zero attached hydrogens (tertiary/aromatic N) is 25. The Bertz CT molecular complexity index is 6960. The summed E-state index contributed by atoms with van der Waals surface area (Å²) in [5.41, 5.74) is 23.9. The molecule has 16 aromatic heterocycles. The third kappa shape index (κ3) is 16.5. The van der Waals surface area contributed by atoms with E-state index in [4.69, 9.17) is 44.8 Å². The van der Waals surface area contributed by atoms with E-state index in [0.717, 1.165) is 202 Å². The zero-order valence-electron chi connectivity index (χ0n) is 73.1. The van der Waals surface area contributed by atoms with Gasteiger partial charge in [-0.25, -0.2) is 38.0 Å². The minimum absolute atomic E-state index is 0.0640. The summed E-state index contributed by atoms with van der Waals surface area (Å²) in [6, 6.07) is 31.9. The second-order valence-electron chi connectivity index (χ2n) is 35.8. The molecule has 8 fully saturated rings. The van der Waals surface area contributed by atoms with Gasteiger partial charge in [-0.05, 0) is 222 Å². The highest BCUT2D eigenvalue weighted by atomic mass is 16.5. The topological polar surface area (TPSA) is 296 Å². The minimum atomic E-state index is -0.0965. The van der Waals surface area contributed by atoms with Crippen LogP contribution in [-0.2, 0) is 17.6 Å². The first-order valence-corrected chi connectivity index (χ1v) is 45.4. The quantitative estimate of drug-likeness (QED) is 0.106. The molecule has 8 aliphatic rings. The largest absolute Gasteiger partial charge is 0.378 e. The van der Waals surface area contributed by atoms with Gasteiger partial charge in [0.2, 0.25) is 0 Å². The molecular weight excluding hydrogens is 1600 g/mol. The van der Waals surface area contributed by atoms with Crippen LogP contribution in [0.3, 0.4) is 0 Å². The molecular formula is C96H106N26O5. The van der Waals surface area contributed by atoms with Gasteiger partial charge < -0.3 is 29.7 Å². The number of hydrogen-bond acceptors (Lipinski definition) is 23. The Kier molecular flexibility index (Phi) is 21.7. The summed E-state index contributed by atoms with van der Waals surface area (Å²) >= 11 is 0. The number of piperidine rings is 2. The SMILES string of the molecule is CCc1nc(C)cn2nc(-c3cc(=O)n4cc(C5CCN(C6CCC6)CC5)ccc4n3)cc12.CCc1nc(C)cn2nc(-c3cc(=O)n4cc(C5CCN(C6COC6)CC5)ccc4n3)cc12.Cc1cn2nc(-c3cc(=O)n4cc(N5CCN(C)CC5)ccc4n3)cc2c(C2CC2)n1.Cc1cn2nc(-c3cc(=O)n4cc(N5CCNCC5)ccc4n3)cc2c(C2CC2)n1. The van der Waals surface area contributed by atoms with Crippen molar-refractivity contribution in [2.45, 2.75) is 161 Å². The number of anilines is 2. The van der Waals surface area contributed by atoms with Crippen molar-refractivity contribution in [3.8, 4) is 45.6 Å². The summed E-state index contributed by atoms with van der Waals surface area (Å²) in [4.78, 5) is 102. The van der Waals surface area contributed by atoms with E-state index in [1.54, 1.807) is 41.9 Å². The fourth-order valence-corrected chi connectivity index (χ4v) is 19.2. The van der Waals surface area contributed by atoms with Crippen molar-refractivity contribution in [3.63, 3.8) is 0 Å². The van der Waals surface area contributed by atoms with Gasteiger partial charge >= 0.3 is 0 Å². The summed E-state index contributed by atoms with van der Waals surface area (Å²) in [7, 11) is 2.14. The van der Waals surface area contributed by atoms with Crippen molar-refractivity contribution in [1.82, 2.24) is 116 Å². The van der Waals surface area contributed by atoms with Gasteiger partial charge in [0.25, 0.3) is 22.2 Å². The number of piperazine rings is 2. The molecule has 31 nitrogen and oxygen atoms in total. The Hall–Kier alpha value is -12.7. The van der Waals surface area contributed by atoms with Crippen LogP contribution in [0, 0.1) is 27.7 Å². The van der Waals surface area contributed by atoms with E-state index >= 15 is 0 Å². The standard InChI is InChI=1S/C26H30N6O.C25H28N6O2.C23H25N7O.C22H23N7O/c1-3-21-24-13-23(29-32(24)15-17(2)27-21)22-14-26(33)31-16-19(7-8-25(31)28-22)18-9-11-30(12-10-18)20-5-4-6-20;1-3-20-23-10-22(28-31(23)12-16(2)26-20)21-11-25(32)30-13-18(4-5-24(30)27-21)17-6-8-29(9-7-17)19-14-33-15-19;1-15-13-30-20(23(24-15)16-3-4-16)11-19(26-30)18-12-22(31)29-14-17(5-6-21(29)25-18)28-9-7-27(2)8-10-28;1-14-12-29-19(22(24-14)15-2-3-15)10-18(26-29)17-11-21(30)28-13-16(4-5-20(28)25-17)27-8-6-23-7-9-27/h7-8,13-16,18,20H,3-6,9-12H2,1-2H3;4-5,10-13,17,19H,3,6-9,14-15H2,1-2H3;5-6,11-14,16H,3-4,7-10H2,1-2H3;4-5,10-13,15,23H,2-3,6-9H2,1H3. The van der Waals surface area contributed by atoms with Gasteiger partial charge in [-0.2, -0.15) is 20.4 Å². The second kappa shape index (κ2) is 33.9. The Morgan fingerprint density at radius 3 is 1.06 bits per heavy atom. The van der Waals surface area contributed by atoms with Crippen molar-refractivity contribution in [2.75, 3.05) is 109 Å². The third-order valence-electron chi connectivity index (χ3n) is 26.9. The Balaban J connectivity index is 0.000000103. The molecule has 650 valence electrons. The van der Waals surface area contributed by atoms with Crippen LogP contribution in [0.25, 0.3) is 90.2 Å². The summed E-state index contributed by atoms with van der Waals surface area (Å²) in [5.74, 6) is 2.03. The molecule has 21 heterocycles. The van der Waals surface area contributed by atoms with E-state index in [1.807, 2.05) is 150 Å². The molecule has 31 heteroatoms. The Morgan fingerprint density at radius 1 is 0.346 bits per heavy atom. The van der Waals surface area contributed by atoms with Gasteiger partial charge in [0.15, 0.2) is 0 Å². The number of rotatable bonds is 14. The van der Waals surface area contributed by atoms with Crippen molar-refractivity contribution in [2.24, 2.45) is 0 Å². The lowest BCUT2D eigenvalue weighted by atomic mass is 9.86. The lowest BCUT2D eigenvalue weighted by Crippen LogP contribution is -2.51. The Morgan fingerprint density at radius 2 is 0.701 bits per heavy atom. The van der Waals surface area contributed by atoms with Gasteiger partial charge in [-0.15, -0.1) is 0 Å². The van der Waals surface area contributed by atoms with Crippen molar-refractivity contribution in [3.05, 3.63) is 245 Å². The number of ether oxygens (including phenoxy) is 1. The molecule has 0 unspecified atom stereocenters. The highest BCUT2D eigenvalue weighted by Gasteiger charge is 2.34. The van der Waals surface area contributed by atoms with Crippen molar-refractivity contribution in [1.29, 1.82) is 0 Å². The summed E-state index contributed by atoms with van der Waals surface area (Å²) < 4.78 is 19.4. The van der Waals surface area contributed by atoms with Crippen LogP contribution in [0.2, 0.25) is 0 Å². The van der Waals surface area contributed by atoms with Crippen LogP contribution in [0.15, 0.2) is 166 Å². The van der Waals surface area contributed by atoms with Gasteiger partial charge in [-0.1, -0.05) is 32.4 Å². The smallest absolute Gasteiger partial charge is 0.258 e. The molecule has 0 radical (unpaired) electrons. The highest BCUT2D eigenvalue weighted by Crippen LogP contribution is 2.43. The van der Waals surface area contributed by atoms with E-state index in [-0.39, 0.29) is 22.2 Å². The van der Waals surface area contributed by atoms with Crippen LogP contribution < -0.4 is 37.4 Å². The molecule has 0 aromatic carbocycles. The van der Waals surface area contributed by atoms with Gasteiger partial charge in [0.1, 0.15) is 45.4 Å². The molecule has 5 saturated heterocycles. The number of aromatic nitrogens is 20. The predicted octanol–water partition coefficient (Wildman–Crippen LogP) is 11.2. The maximum absolute atomic E-state index is 13.1. The Labute approximate surface area is 732 Å². The number of likely N-dealkylation sites (N-methyl/N-ethyl adjacent to an activating group) is 1. The van der Waals surface area contributed by atoms with E-state index in [1.165, 1.54) is 69.2 Å². The first-order valence-electron chi connectivity index (χ1n) is 45.4. The van der Waals surface area contributed by atoms with E-state index in [2.05, 4.69) is 89.1 Å². The lowest BCUT2D eigenvalue weighted by Gasteiger charge is -2.41. The second-order valence-corrected chi connectivity index (χ2v) is 35.8. The number of aryl methyl sites for hydroxylation is 6. The molecule has 3 aliphatic carbocycles. The summed E-state index contributed by atoms with van der Waals surface area (Å²) in [5, 5.41) is 22.1. The molecule has 0 spiro atoms. The molecule has 3 saturated carbocycles. The monoisotopic (exact) mass is 1700 g/mol. The number of hydrogen-bond donors (Lipinski definition) is 1. The highest BCUT2D eigenvalue weighted by molar-refractivity contribution is 5.71. The van der Waals surface area contributed by atoms with Gasteiger partial charge in [0, 0.05) is 119 Å². The maximum Gasteiger partial charge on any atom is 0.258 e. The normalized spacial score (nSPS) is 17.9. The summed E-state index contributed by atoms with van der Waals surface area (Å²) in [6.45, 7) is 26.1. The molecule has 0 atom stereocenters. The van der Waals surface area contributed by atoms with Gasteiger partial charge in [0.05, 0.1) is 146 Å². The zero-order chi connectivity index (χ0) is 86.4. The van der Waals surface area contributed by atoms with Crippen LogP contribution in [0.5, 0.6) is 0 Å². The molecule has 0 amide bonds. The third-order valence-corrected chi connectivity index (χ3v) is 26.9. The van der Waals surface area contributed by atoms with Crippen LogP contribution in [0.1, 0.15) is 165 Å². The number of nitrogens with one attached hydrogen (secondary N) is 1. The average molecular weight is 1700 g/mol. The zero-order valence-corrected chi connectivity index (χ0v) is 73.1. The first-order chi connectivity index (χ1) is 61.9. The minimum Gasteiger partial charge on any atom is -0.378 e. The van der Waals surface area contributed by atoms with Crippen LogP contribution >= 0.6 is 0 Å². The average Bonchev–Trinajstić information content (AvgIpc) is 1.64. The summed E-state index contributed by atoms with van der Waals surface area (Å²) in [6.07, 6.45) is 30.5. The fourth-order valence-electron chi connectivity index (χ4n) is 19.2. The molecule has 5 aliphatic heterocycles. The predicted molar refractivity (Wildman–Crippen MR) is 490 cm³/mol. The molecule has 16 aromatic rings. The maximum atomic E-state index is 13.1. The van der Waals surface area contributed by atoms with E-state index in [0.29, 0.717) is 97.9 Å². The fraction of sp³-hybridized carbons (Fsp3) is 0.417. The molecule has 1 N–H and O–H groups in total. The van der Waals surface area contributed by atoms with Crippen molar-refractivity contribution >= 4 is 56.0 Å². The van der Waals surface area contributed by atoms with Crippen molar-refractivity contribution < 1.29 is 4.74 Å². The molecule has 0 bridgehead atoms. The van der Waals surface area contributed by atoms with Crippen LogP contribution in [0.4, 0.5) is 11.4 Å².